The summed E-state index contributed by atoms with van der Waals surface area (Å²) in [6.45, 7) is 0. The van der Waals surface area contributed by atoms with E-state index >= 15 is 0 Å². The predicted molar refractivity (Wildman–Crippen MR) is 41.9 cm³/mol. The zero-order valence-electron chi connectivity index (χ0n) is 6.45. The van der Waals surface area contributed by atoms with Gasteiger partial charge >= 0.3 is 5.97 Å². The summed E-state index contributed by atoms with van der Waals surface area (Å²) in [5, 5.41) is 12.9. The molecule has 0 unspecified atom stereocenters. The molecule has 74 valence electrons. The van der Waals surface area contributed by atoms with E-state index in [-0.39, 0.29) is 0 Å². The standard InChI is InChI=1S/C4H3N5O4S/c5-8-9-14(12,13)3-2(4(10)11)1-6-7-3/h1H,(H,6,7)(H,10,11). The fourth-order valence-electron chi connectivity index (χ4n) is 0.712. The Morgan fingerprint density at radius 1 is 1.71 bits per heavy atom. The molecule has 0 aromatic carbocycles. The first-order valence-corrected chi connectivity index (χ1v) is 4.51. The Balaban J connectivity index is 3.41. The summed E-state index contributed by atoms with van der Waals surface area (Å²) in [5.74, 6) is -1.48. The van der Waals surface area contributed by atoms with Crippen LogP contribution in [-0.4, -0.2) is 29.7 Å². The molecular formula is C4H3N5O4S. The first-order chi connectivity index (χ1) is 6.49. The Morgan fingerprint density at radius 3 is 2.86 bits per heavy atom. The third kappa shape index (κ3) is 1.65. The molecule has 14 heavy (non-hydrogen) atoms. The van der Waals surface area contributed by atoms with Crippen LogP contribution in [0.5, 0.6) is 0 Å². The number of carbonyl (C=O) groups is 1. The van der Waals surface area contributed by atoms with E-state index in [1.807, 2.05) is 5.10 Å². The molecule has 0 radical (unpaired) electrons. The van der Waals surface area contributed by atoms with Crippen LogP contribution in [-0.2, 0) is 10.0 Å². The molecule has 9 nitrogen and oxygen atoms in total. The minimum absolute atomic E-state index is 0.572. The van der Waals surface area contributed by atoms with Crippen molar-refractivity contribution in [2.24, 2.45) is 4.52 Å². The van der Waals surface area contributed by atoms with Crippen LogP contribution < -0.4 is 0 Å². The smallest absolute Gasteiger partial charge is 0.340 e. The van der Waals surface area contributed by atoms with E-state index in [0.29, 0.717) is 0 Å². The SMILES string of the molecule is [N-]=[N+]=NS(=O)(=O)c1[nH]ncc1C(=O)O. The van der Waals surface area contributed by atoms with Crippen LogP contribution in [0.15, 0.2) is 15.7 Å². The van der Waals surface area contributed by atoms with Crippen molar-refractivity contribution in [1.82, 2.24) is 10.2 Å². The minimum atomic E-state index is -4.33. The summed E-state index contributed by atoms with van der Waals surface area (Å²) >= 11 is 0. The van der Waals surface area contributed by atoms with Gasteiger partial charge in [-0.1, -0.05) is 0 Å². The van der Waals surface area contributed by atoms with Gasteiger partial charge in [-0.15, -0.1) is 0 Å². The lowest BCUT2D eigenvalue weighted by molar-refractivity contribution is 0.0692. The second-order valence-corrected chi connectivity index (χ2v) is 3.59. The number of H-pyrrole nitrogens is 1. The van der Waals surface area contributed by atoms with Gasteiger partial charge in [-0.3, -0.25) is 5.10 Å². The van der Waals surface area contributed by atoms with E-state index in [0.717, 1.165) is 6.20 Å². The van der Waals surface area contributed by atoms with Crippen molar-refractivity contribution in [3.63, 3.8) is 0 Å². The number of sulfonamides is 1. The van der Waals surface area contributed by atoms with E-state index in [1.165, 1.54) is 0 Å². The third-order valence-electron chi connectivity index (χ3n) is 1.24. The van der Waals surface area contributed by atoms with Crippen molar-refractivity contribution in [3.8, 4) is 0 Å². The average Bonchev–Trinajstić information content (AvgIpc) is 2.51. The van der Waals surface area contributed by atoms with Crippen molar-refractivity contribution < 1.29 is 18.3 Å². The maximum atomic E-state index is 11.1. The van der Waals surface area contributed by atoms with E-state index in [2.05, 4.69) is 14.5 Å². The molecule has 2 N–H and O–H groups in total. The molecule has 0 aliphatic rings. The number of rotatable bonds is 3. The lowest BCUT2D eigenvalue weighted by Crippen LogP contribution is -2.04. The molecule has 0 amide bonds. The van der Waals surface area contributed by atoms with Gasteiger partial charge in [0, 0.05) is 9.43 Å². The number of carboxylic acid groups (broad SMARTS) is 1. The van der Waals surface area contributed by atoms with E-state index < -0.39 is 26.6 Å². The highest BCUT2D eigenvalue weighted by molar-refractivity contribution is 7.90. The van der Waals surface area contributed by atoms with Crippen molar-refractivity contribution in [2.45, 2.75) is 5.03 Å². The zero-order valence-corrected chi connectivity index (χ0v) is 7.26. The Kier molecular flexibility index (Phi) is 2.40. The molecule has 0 saturated heterocycles. The molecule has 0 aliphatic heterocycles. The minimum Gasteiger partial charge on any atom is -0.478 e. The second kappa shape index (κ2) is 3.36. The van der Waals surface area contributed by atoms with Gasteiger partial charge in [0.05, 0.1) is 6.20 Å². The molecule has 0 saturated carbocycles. The Morgan fingerprint density at radius 2 is 2.36 bits per heavy atom. The lowest BCUT2D eigenvalue weighted by Gasteiger charge is -1.93. The van der Waals surface area contributed by atoms with Crippen LogP contribution in [0.25, 0.3) is 10.4 Å². The van der Waals surface area contributed by atoms with Gasteiger partial charge in [-0.2, -0.15) is 5.10 Å². The van der Waals surface area contributed by atoms with E-state index in [1.54, 1.807) is 0 Å². The van der Waals surface area contributed by atoms with Crippen LogP contribution >= 0.6 is 0 Å². The van der Waals surface area contributed by atoms with Gasteiger partial charge in [0.1, 0.15) is 5.56 Å². The molecular weight excluding hydrogens is 214 g/mol. The van der Waals surface area contributed by atoms with Crippen molar-refractivity contribution in [2.75, 3.05) is 0 Å². The fraction of sp³-hybridized carbons (Fsp3) is 0. The third-order valence-corrected chi connectivity index (χ3v) is 2.35. The Hall–Kier alpha value is -2.06. The number of nitrogens with zero attached hydrogens (tertiary/aromatic N) is 4. The normalized spacial score (nSPS) is 10.6. The highest BCUT2D eigenvalue weighted by Gasteiger charge is 2.23. The average molecular weight is 217 g/mol. The second-order valence-electron chi connectivity index (χ2n) is 2.06. The van der Waals surface area contributed by atoms with Crippen LogP contribution in [0.4, 0.5) is 0 Å². The van der Waals surface area contributed by atoms with Gasteiger partial charge < -0.3 is 5.11 Å². The van der Waals surface area contributed by atoms with Crippen LogP contribution in [0.1, 0.15) is 10.4 Å². The summed E-state index contributed by atoms with van der Waals surface area (Å²) in [7, 11) is -4.33. The van der Waals surface area contributed by atoms with Crippen molar-refractivity contribution in [3.05, 3.63) is 22.2 Å². The Bertz CT molecular complexity index is 510. The van der Waals surface area contributed by atoms with Crippen LogP contribution in [0.2, 0.25) is 0 Å². The molecule has 10 heteroatoms. The number of aromatic nitrogens is 2. The molecule has 0 bridgehead atoms. The molecule has 0 spiro atoms. The first-order valence-electron chi connectivity index (χ1n) is 3.07. The van der Waals surface area contributed by atoms with Gasteiger partial charge in [0.2, 0.25) is 0 Å². The van der Waals surface area contributed by atoms with Gasteiger partial charge in [0.25, 0.3) is 10.0 Å². The summed E-state index contributed by atoms with van der Waals surface area (Å²) in [6, 6.07) is 0. The summed E-state index contributed by atoms with van der Waals surface area (Å²) in [6.07, 6.45) is 0.808. The first kappa shape index (κ1) is 10.0. The summed E-state index contributed by atoms with van der Waals surface area (Å²) in [5.41, 5.74) is 7.36. The number of nitrogens with one attached hydrogen (secondary N) is 1. The number of azide groups is 1. The van der Waals surface area contributed by atoms with E-state index in [9.17, 15) is 13.2 Å². The van der Waals surface area contributed by atoms with Gasteiger partial charge in [0.15, 0.2) is 5.03 Å². The van der Waals surface area contributed by atoms with E-state index in [4.69, 9.17) is 10.6 Å². The quantitative estimate of drug-likeness (QED) is 0.418. The zero-order chi connectivity index (χ0) is 10.8. The van der Waals surface area contributed by atoms with Crippen LogP contribution in [0, 0.1) is 0 Å². The van der Waals surface area contributed by atoms with Gasteiger partial charge in [-0.05, 0) is 5.53 Å². The molecule has 1 aromatic heterocycles. The fourth-order valence-corrected chi connectivity index (χ4v) is 1.48. The number of aromatic carboxylic acids is 1. The monoisotopic (exact) mass is 217 g/mol. The van der Waals surface area contributed by atoms with Crippen molar-refractivity contribution in [1.29, 1.82) is 0 Å². The molecule has 1 heterocycles. The maximum Gasteiger partial charge on any atom is 0.340 e. The number of aromatic amines is 1. The highest BCUT2D eigenvalue weighted by atomic mass is 32.2. The molecule has 1 rings (SSSR count). The highest BCUT2D eigenvalue weighted by Crippen LogP contribution is 2.14. The van der Waals surface area contributed by atoms with Crippen molar-refractivity contribution >= 4 is 16.0 Å². The van der Waals surface area contributed by atoms with Crippen LogP contribution in [0.3, 0.4) is 0 Å². The topological polar surface area (TPSA) is 149 Å². The number of carboxylic acids is 1. The number of hydrogen-bond acceptors (Lipinski definition) is 4. The predicted octanol–water partition coefficient (Wildman–Crippen LogP) is 0.107. The lowest BCUT2D eigenvalue weighted by atomic mass is 10.4. The molecule has 0 atom stereocenters. The maximum absolute atomic E-state index is 11.1. The largest absolute Gasteiger partial charge is 0.478 e. The number of hydrogen-bond donors (Lipinski definition) is 2. The summed E-state index contributed by atoms with van der Waals surface area (Å²) < 4.78 is 24.6. The molecule has 0 fully saturated rings. The Labute approximate surface area is 77.0 Å². The summed E-state index contributed by atoms with van der Waals surface area (Å²) in [4.78, 5) is 12.5. The van der Waals surface area contributed by atoms with Gasteiger partial charge in [-0.25, -0.2) is 13.2 Å². The molecule has 0 aliphatic carbocycles. The molecule has 1 aromatic rings.